The maximum atomic E-state index is 12.8. The van der Waals surface area contributed by atoms with Crippen LogP contribution in [-0.4, -0.2) is 47.3 Å². The van der Waals surface area contributed by atoms with Crippen LogP contribution in [0.15, 0.2) is 22.7 Å². The van der Waals surface area contributed by atoms with Crippen LogP contribution in [-0.2, 0) is 11.3 Å². The molecule has 1 aliphatic carbocycles. The van der Waals surface area contributed by atoms with Crippen molar-refractivity contribution in [3.63, 3.8) is 0 Å². The highest BCUT2D eigenvalue weighted by atomic mass is 35.5. The normalized spacial score (nSPS) is 17.9. The van der Waals surface area contributed by atoms with Gasteiger partial charge in [-0.15, -0.1) is 0 Å². The van der Waals surface area contributed by atoms with Crippen LogP contribution in [0.2, 0.25) is 5.02 Å². The second-order valence-corrected chi connectivity index (χ2v) is 7.40. The van der Waals surface area contributed by atoms with E-state index in [4.69, 9.17) is 25.6 Å². The van der Waals surface area contributed by atoms with E-state index >= 15 is 0 Å². The highest BCUT2D eigenvalue weighted by molar-refractivity contribution is 6.30. The Morgan fingerprint density at radius 1 is 1.30 bits per heavy atom. The fraction of sp³-hybridized carbons (Fsp3) is 0.526. The minimum Gasteiger partial charge on any atom is -0.496 e. The van der Waals surface area contributed by atoms with Gasteiger partial charge in [0.1, 0.15) is 12.4 Å². The molecule has 0 unspecified atom stereocenters. The number of hydrogen-bond acceptors (Lipinski definition) is 6. The number of halogens is 1. The summed E-state index contributed by atoms with van der Waals surface area (Å²) in [6.45, 7) is 1.59. The van der Waals surface area contributed by atoms with Crippen molar-refractivity contribution in [3.05, 3.63) is 40.5 Å². The van der Waals surface area contributed by atoms with E-state index in [9.17, 15) is 4.79 Å². The molecule has 0 radical (unpaired) electrons. The SMILES string of the molecule is COc1cc(Cl)ccc1C(=O)N1CCC(OCc2nc(C3CC3)no2)CC1. The molecule has 8 heteroatoms. The van der Waals surface area contributed by atoms with Gasteiger partial charge in [0.2, 0.25) is 0 Å². The molecule has 7 nitrogen and oxygen atoms in total. The van der Waals surface area contributed by atoms with E-state index in [-0.39, 0.29) is 12.0 Å². The zero-order valence-electron chi connectivity index (χ0n) is 15.2. The van der Waals surface area contributed by atoms with Gasteiger partial charge in [-0.2, -0.15) is 4.98 Å². The van der Waals surface area contributed by atoms with Crippen LogP contribution < -0.4 is 4.74 Å². The van der Waals surface area contributed by atoms with Crippen molar-refractivity contribution in [1.29, 1.82) is 0 Å². The van der Waals surface area contributed by atoms with Gasteiger partial charge in [-0.3, -0.25) is 4.79 Å². The van der Waals surface area contributed by atoms with Crippen LogP contribution in [0.25, 0.3) is 0 Å². The Hall–Kier alpha value is -2.12. The molecule has 1 amide bonds. The number of carbonyl (C=O) groups is 1. The number of carbonyl (C=O) groups excluding carboxylic acids is 1. The van der Waals surface area contributed by atoms with E-state index in [2.05, 4.69) is 10.1 Å². The lowest BCUT2D eigenvalue weighted by Gasteiger charge is -2.32. The average Bonchev–Trinajstić information content (AvgIpc) is 3.44. The van der Waals surface area contributed by atoms with Gasteiger partial charge in [0.25, 0.3) is 11.8 Å². The Balaban J connectivity index is 1.28. The van der Waals surface area contributed by atoms with Gasteiger partial charge in [-0.05, 0) is 43.9 Å². The summed E-state index contributed by atoms with van der Waals surface area (Å²) in [4.78, 5) is 19.0. The Kier molecular flexibility index (Phi) is 5.31. The lowest BCUT2D eigenvalue weighted by molar-refractivity contribution is -0.00982. The standard InChI is InChI=1S/C19H22ClN3O4/c1-25-16-10-13(20)4-5-15(16)19(24)23-8-6-14(7-9-23)26-11-17-21-18(22-27-17)12-2-3-12/h4-5,10,12,14H,2-3,6-9,11H2,1H3. The number of ether oxygens (including phenoxy) is 2. The van der Waals surface area contributed by atoms with E-state index in [0.717, 1.165) is 31.5 Å². The fourth-order valence-electron chi connectivity index (χ4n) is 3.26. The number of likely N-dealkylation sites (tertiary alicyclic amines) is 1. The number of rotatable bonds is 6. The zero-order chi connectivity index (χ0) is 18.8. The van der Waals surface area contributed by atoms with Gasteiger partial charge in [-0.1, -0.05) is 16.8 Å². The molecule has 2 aromatic rings. The topological polar surface area (TPSA) is 77.7 Å². The molecule has 0 N–H and O–H groups in total. The number of nitrogens with zero attached hydrogens (tertiary/aromatic N) is 3. The summed E-state index contributed by atoms with van der Waals surface area (Å²) in [5.41, 5.74) is 0.528. The first-order chi connectivity index (χ1) is 13.1. The molecular formula is C19H22ClN3O4. The number of piperidine rings is 1. The molecule has 27 heavy (non-hydrogen) atoms. The van der Waals surface area contributed by atoms with Crippen molar-refractivity contribution in [2.24, 2.45) is 0 Å². The molecule has 1 aliphatic heterocycles. The molecule has 4 rings (SSSR count). The van der Waals surface area contributed by atoms with Crippen LogP contribution in [0.3, 0.4) is 0 Å². The summed E-state index contributed by atoms with van der Waals surface area (Å²) < 4.78 is 16.4. The number of benzene rings is 1. The molecule has 1 saturated heterocycles. The first-order valence-corrected chi connectivity index (χ1v) is 9.58. The van der Waals surface area contributed by atoms with Gasteiger partial charge in [0.05, 0.1) is 18.8 Å². The van der Waals surface area contributed by atoms with Gasteiger partial charge in [0, 0.05) is 24.0 Å². The summed E-state index contributed by atoms with van der Waals surface area (Å²) in [5, 5.41) is 4.54. The molecular weight excluding hydrogens is 370 g/mol. The first-order valence-electron chi connectivity index (χ1n) is 9.21. The minimum absolute atomic E-state index is 0.0482. The summed E-state index contributed by atoms with van der Waals surface area (Å²) in [7, 11) is 1.54. The second kappa shape index (κ2) is 7.86. The van der Waals surface area contributed by atoms with Gasteiger partial charge < -0.3 is 18.9 Å². The van der Waals surface area contributed by atoms with Crippen molar-refractivity contribution < 1.29 is 18.8 Å². The van der Waals surface area contributed by atoms with Crippen molar-refractivity contribution in [2.75, 3.05) is 20.2 Å². The van der Waals surface area contributed by atoms with Crippen molar-refractivity contribution in [2.45, 2.75) is 44.3 Å². The summed E-state index contributed by atoms with van der Waals surface area (Å²) in [5.74, 6) is 2.25. The number of amides is 1. The van der Waals surface area contributed by atoms with Crippen LogP contribution in [0.4, 0.5) is 0 Å². The Morgan fingerprint density at radius 2 is 2.07 bits per heavy atom. The molecule has 2 heterocycles. The molecule has 0 spiro atoms. The summed E-state index contributed by atoms with van der Waals surface area (Å²) >= 11 is 5.97. The van der Waals surface area contributed by atoms with Crippen molar-refractivity contribution in [1.82, 2.24) is 15.0 Å². The number of aromatic nitrogens is 2. The molecule has 2 fully saturated rings. The molecule has 2 aliphatic rings. The van der Waals surface area contributed by atoms with E-state index < -0.39 is 0 Å². The third kappa shape index (κ3) is 4.25. The minimum atomic E-state index is -0.0482. The van der Waals surface area contributed by atoms with Crippen LogP contribution in [0, 0.1) is 0 Å². The van der Waals surface area contributed by atoms with Crippen LogP contribution in [0.5, 0.6) is 5.75 Å². The molecule has 1 aromatic carbocycles. The molecule has 0 atom stereocenters. The van der Waals surface area contributed by atoms with E-state index in [0.29, 0.717) is 47.8 Å². The quantitative estimate of drug-likeness (QED) is 0.750. The lowest BCUT2D eigenvalue weighted by atomic mass is 10.1. The predicted octanol–water partition coefficient (Wildman–Crippen LogP) is 3.43. The van der Waals surface area contributed by atoms with Crippen LogP contribution >= 0.6 is 11.6 Å². The van der Waals surface area contributed by atoms with Crippen LogP contribution in [0.1, 0.15) is 53.7 Å². The first kappa shape index (κ1) is 18.3. The van der Waals surface area contributed by atoms with E-state index in [1.54, 1.807) is 18.2 Å². The molecule has 0 bridgehead atoms. The summed E-state index contributed by atoms with van der Waals surface area (Å²) in [6.07, 6.45) is 3.91. The molecule has 144 valence electrons. The number of hydrogen-bond donors (Lipinski definition) is 0. The van der Waals surface area contributed by atoms with E-state index in [1.807, 2.05) is 4.90 Å². The largest absolute Gasteiger partial charge is 0.496 e. The van der Waals surface area contributed by atoms with Gasteiger partial charge >= 0.3 is 0 Å². The van der Waals surface area contributed by atoms with E-state index in [1.165, 1.54) is 7.11 Å². The van der Waals surface area contributed by atoms with Crippen molar-refractivity contribution >= 4 is 17.5 Å². The Bertz CT molecular complexity index is 813. The predicted molar refractivity (Wildman–Crippen MR) is 98.0 cm³/mol. The highest BCUT2D eigenvalue weighted by Gasteiger charge is 2.29. The monoisotopic (exact) mass is 391 g/mol. The maximum absolute atomic E-state index is 12.8. The van der Waals surface area contributed by atoms with Gasteiger partial charge in [0.15, 0.2) is 5.82 Å². The van der Waals surface area contributed by atoms with Crippen molar-refractivity contribution in [3.8, 4) is 5.75 Å². The second-order valence-electron chi connectivity index (χ2n) is 6.97. The Labute approximate surface area is 162 Å². The zero-order valence-corrected chi connectivity index (χ0v) is 15.9. The fourth-order valence-corrected chi connectivity index (χ4v) is 3.42. The number of methoxy groups -OCH3 is 1. The average molecular weight is 392 g/mol. The van der Waals surface area contributed by atoms with Gasteiger partial charge in [-0.25, -0.2) is 0 Å². The maximum Gasteiger partial charge on any atom is 0.257 e. The summed E-state index contributed by atoms with van der Waals surface area (Å²) in [6, 6.07) is 5.07. The Morgan fingerprint density at radius 3 is 2.78 bits per heavy atom. The highest BCUT2D eigenvalue weighted by Crippen LogP contribution is 2.38. The molecule has 1 saturated carbocycles. The lowest BCUT2D eigenvalue weighted by Crippen LogP contribution is -2.41. The third-order valence-electron chi connectivity index (χ3n) is 4.99. The third-order valence-corrected chi connectivity index (χ3v) is 5.23. The molecule has 1 aromatic heterocycles. The smallest absolute Gasteiger partial charge is 0.257 e.